The molecule has 0 radical (unpaired) electrons. The number of nitrogens with zero attached hydrogens (tertiary/aromatic N) is 3. The number of nitrogens with one attached hydrogen (secondary N) is 1. The highest BCUT2D eigenvalue weighted by Crippen LogP contribution is 2.27. The number of morpholine rings is 1. The van der Waals surface area contributed by atoms with Crippen molar-refractivity contribution in [1.29, 1.82) is 0 Å². The summed E-state index contributed by atoms with van der Waals surface area (Å²) >= 11 is 0. The molecular weight excluding hydrogens is 360 g/mol. The predicted molar refractivity (Wildman–Crippen MR) is 93.6 cm³/mol. The molecule has 26 heavy (non-hydrogen) atoms. The van der Waals surface area contributed by atoms with E-state index < -0.39 is 15.9 Å². The van der Waals surface area contributed by atoms with Crippen molar-refractivity contribution >= 4 is 21.7 Å². The van der Waals surface area contributed by atoms with Gasteiger partial charge in [-0.3, -0.25) is 4.79 Å². The second kappa shape index (κ2) is 7.96. The number of sulfonamides is 1. The van der Waals surface area contributed by atoms with E-state index in [0.29, 0.717) is 18.9 Å². The number of para-hydroxylation sites is 1. The molecular formula is C16H20N4O5S. The Kier molecular flexibility index (Phi) is 5.67. The lowest BCUT2D eigenvalue weighted by Gasteiger charge is -2.26. The van der Waals surface area contributed by atoms with Crippen LogP contribution in [0.5, 0.6) is 0 Å². The normalized spacial score (nSPS) is 15.7. The van der Waals surface area contributed by atoms with Crippen molar-refractivity contribution in [3.05, 3.63) is 36.5 Å². The van der Waals surface area contributed by atoms with Crippen LogP contribution in [0.15, 0.2) is 41.4 Å². The second-order valence-corrected chi connectivity index (χ2v) is 7.51. The Morgan fingerprint density at radius 1 is 1.27 bits per heavy atom. The fourth-order valence-electron chi connectivity index (χ4n) is 2.63. The van der Waals surface area contributed by atoms with Gasteiger partial charge in [-0.05, 0) is 12.1 Å². The standard InChI is InChI=1S/C16H20N4O5S/c1-24-12-15(21)18-16-14(26(22,23)19-7-9-25-10-8-19)11-17-20(16)13-5-3-2-4-6-13/h2-6,11H,7-10,12H2,1H3,(H,18,21). The molecule has 2 aromatic rings. The molecule has 0 spiro atoms. The molecule has 1 fully saturated rings. The van der Waals surface area contributed by atoms with Gasteiger partial charge in [0, 0.05) is 20.2 Å². The lowest BCUT2D eigenvalue weighted by molar-refractivity contribution is -0.119. The Balaban J connectivity index is 2.04. The van der Waals surface area contributed by atoms with E-state index >= 15 is 0 Å². The van der Waals surface area contributed by atoms with E-state index in [1.54, 1.807) is 24.3 Å². The van der Waals surface area contributed by atoms with Crippen LogP contribution in [0.3, 0.4) is 0 Å². The topological polar surface area (TPSA) is 103 Å². The number of amides is 1. The van der Waals surface area contributed by atoms with E-state index in [1.165, 1.54) is 22.3 Å². The molecule has 2 heterocycles. The Morgan fingerprint density at radius 2 is 1.96 bits per heavy atom. The second-order valence-electron chi connectivity index (χ2n) is 5.60. The molecule has 1 aliphatic heterocycles. The van der Waals surface area contributed by atoms with Gasteiger partial charge in [-0.25, -0.2) is 13.1 Å². The zero-order chi connectivity index (χ0) is 18.6. The summed E-state index contributed by atoms with van der Waals surface area (Å²) in [6, 6.07) is 8.97. The van der Waals surface area contributed by atoms with Gasteiger partial charge in [0.2, 0.25) is 10.0 Å². The van der Waals surface area contributed by atoms with E-state index in [9.17, 15) is 13.2 Å². The molecule has 0 saturated carbocycles. The molecule has 1 amide bonds. The van der Waals surface area contributed by atoms with Crippen LogP contribution >= 0.6 is 0 Å². The van der Waals surface area contributed by atoms with Gasteiger partial charge in [0.1, 0.15) is 11.5 Å². The smallest absolute Gasteiger partial charge is 0.251 e. The number of anilines is 1. The molecule has 1 aromatic heterocycles. The van der Waals surface area contributed by atoms with Crippen molar-refractivity contribution in [2.45, 2.75) is 4.90 Å². The zero-order valence-corrected chi connectivity index (χ0v) is 15.1. The average molecular weight is 380 g/mol. The lowest BCUT2D eigenvalue weighted by Crippen LogP contribution is -2.40. The van der Waals surface area contributed by atoms with E-state index in [0.717, 1.165) is 0 Å². The first-order valence-electron chi connectivity index (χ1n) is 8.04. The Labute approximate surface area is 151 Å². The van der Waals surface area contributed by atoms with Crippen molar-refractivity contribution in [3.63, 3.8) is 0 Å². The number of rotatable bonds is 6. The van der Waals surface area contributed by atoms with Crippen LogP contribution in [0.1, 0.15) is 0 Å². The lowest BCUT2D eigenvalue weighted by atomic mass is 10.3. The van der Waals surface area contributed by atoms with Crippen LogP contribution in [-0.4, -0.2) is 68.4 Å². The average Bonchev–Trinajstić information content (AvgIpc) is 3.07. The monoisotopic (exact) mass is 380 g/mol. The molecule has 140 valence electrons. The van der Waals surface area contributed by atoms with Crippen LogP contribution in [-0.2, 0) is 24.3 Å². The highest BCUT2D eigenvalue weighted by Gasteiger charge is 2.32. The SMILES string of the molecule is COCC(=O)Nc1c(S(=O)(=O)N2CCOCC2)cnn1-c1ccccc1. The summed E-state index contributed by atoms with van der Waals surface area (Å²) in [5.41, 5.74) is 0.628. The van der Waals surface area contributed by atoms with Crippen molar-refractivity contribution in [2.75, 3.05) is 45.3 Å². The van der Waals surface area contributed by atoms with E-state index in [-0.39, 0.29) is 30.4 Å². The van der Waals surface area contributed by atoms with Gasteiger partial charge in [-0.2, -0.15) is 9.40 Å². The molecule has 1 N–H and O–H groups in total. The van der Waals surface area contributed by atoms with Crippen molar-refractivity contribution in [2.24, 2.45) is 0 Å². The van der Waals surface area contributed by atoms with Gasteiger partial charge < -0.3 is 14.8 Å². The molecule has 1 aromatic carbocycles. The zero-order valence-electron chi connectivity index (χ0n) is 14.3. The number of hydrogen-bond donors (Lipinski definition) is 1. The van der Waals surface area contributed by atoms with Crippen LogP contribution in [0.4, 0.5) is 5.82 Å². The molecule has 0 unspecified atom stereocenters. The predicted octanol–water partition coefficient (Wildman–Crippen LogP) is 0.478. The highest BCUT2D eigenvalue weighted by atomic mass is 32.2. The maximum Gasteiger partial charge on any atom is 0.251 e. The van der Waals surface area contributed by atoms with Gasteiger partial charge in [0.05, 0.1) is 25.1 Å². The van der Waals surface area contributed by atoms with Gasteiger partial charge in [-0.15, -0.1) is 0 Å². The van der Waals surface area contributed by atoms with Gasteiger partial charge in [0.15, 0.2) is 5.82 Å². The Hall–Kier alpha value is -2.27. The fraction of sp³-hybridized carbons (Fsp3) is 0.375. The highest BCUT2D eigenvalue weighted by molar-refractivity contribution is 7.89. The number of aromatic nitrogens is 2. The summed E-state index contributed by atoms with van der Waals surface area (Å²) < 4.78 is 38.8. The van der Waals surface area contributed by atoms with Crippen LogP contribution in [0.25, 0.3) is 5.69 Å². The third kappa shape index (κ3) is 3.78. The van der Waals surface area contributed by atoms with Crippen molar-refractivity contribution in [3.8, 4) is 5.69 Å². The first-order valence-corrected chi connectivity index (χ1v) is 9.48. The minimum atomic E-state index is -3.83. The summed E-state index contributed by atoms with van der Waals surface area (Å²) in [7, 11) is -2.44. The number of methoxy groups -OCH3 is 1. The van der Waals surface area contributed by atoms with E-state index in [2.05, 4.69) is 10.4 Å². The number of hydrogen-bond acceptors (Lipinski definition) is 6. The van der Waals surface area contributed by atoms with E-state index in [1.807, 2.05) is 6.07 Å². The summed E-state index contributed by atoms with van der Waals surface area (Å²) in [5, 5.41) is 6.79. The molecule has 1 aliphatic rings. The van der Waals surface area contributed by atoms with Gasteiger partial charge in [0.25, 0.3) is 5.91 Å². The summed E-state index contributed by atoms with van der Waals surface area (Å²) in [6.45, 7) is 0.973. The Morgan fingerprint density at radius 3 is 2.62 bits per heavy atom. The molecule has 10 heteroatoms. The molecule has 9 nitrogen and oxygen atoms in total. The Bertz CT molecular complexity index is 860. The number of carbonyl (C=O) groups is 1. The molecule has 0 atom stereocenters. The van der Waals surface area contributed by atoms with Crippen LogP contribution in [0, 0.1) is 0 Å². The van der Waals surface area contributed by atoms with Crippen LogP contribution in [0.2, 0.25) is 0 Å². The first-order chi connectivity index (χ1) is 12.5. The molecule has 0 bridgehead atoms. The fourth-order valence-corrected chi connectivity index (χ4v) is 4.10. The molecule has 1 saturated heterocycles. The third-order valence-electron chi connectivity index (χ3n) is 3.86. The molecule has 3 rings (SSSR count). The number of ether oxygens (including phenoxy) is 2. The number of carbonyl (C=O) groups excluding carboxylic acids is 1. The molecule has 0 aliphatic carbocycles. The first kappa shape index (κ1) is 18.5. The number of benzene rings is 1. The minimum absolute atomic E-state index is 0.0623. The maximum absolute atomic E-state index is 13.0. The maximum atomic E-state index is 13.0. The van der Waals surface area contributed by atoms with Gasteiger partial charge >= 0.3 is 0 Å². The van der Waals surface area contributed by atoms with Crippen molar-refractivity contribution in [1.82, 2.24) is 14.1 Å². The summed E-state index contributed by atoms with van der Waals surface area (Å²) in [6.07, 6.45) is 1.25. The minimum Gasteiger partial charge on any atom is -0.379 e. The van der Waals surface area contributed by atoms with Gasteiger partial charge in [-0.1, -0.05) is 18.2 Å². The summed E-state index contributed by atoms with van der Waals surface area (Å²) in [4.78, 5) is 12.0. The summed E-state index contributed by atoms with van der Waals surface area (Å²) in [5.74, 6) is -0.381. The largest absolute Gasteiger partial charge is 0.379 e. The quantitative estimate of drug-likeness (QED) is 0.782. The van der Waals surface area contributed by atoms with Crippen LogP contribution < -0.4 is 5.32 Å². The van der Waals surface area contributed by atoms with Crippen molar-refractivity contribution < 1.29 is 22.7 Å². The third-order valence-corrected chi connectivity index (χ3v) is 5.76. The van der Waals surface area contributed by atoms with E-state index in [4.69, 9.17) is 9.47 Å².